The maximum absolute atomic E-state index is 13.2. The molecule has 2 aromatic carbocycles. The third kappa shape index (κ3) is 4.91. The number of hydrogen-bond acceptors (Lipinski definition) is 5. The van der Waals surface area contributed by atoms with E-state index in [4.69, 9.17) is 15.2 Å². The summed E-state index contributed by atoms with van der Waals surface area (Å²) in [4.78, 5) is 12.3. The van der Waals surface area contributed by atoms with Gasteiger partial charge in [-0.15, -0.1) is 0 Å². The lowest BCUT2D eigenvalue weighted by Gasteiger charge is -2.19. The summed E-state index contributed by atoms with van der Waals surface area (Å²) < 4.78 is 51.7. The highest BCUT2D eigenvalue weighted by Gasteiger charge is 2.34. The summed E-state index contributed by atoms with van der Waals surface area (Å²) in [5.74, 6) is -0.282. The molecule has 6 nitrogen and oxygen atoms in total. The van der Waals surface area contributed by atoms with Gasteiger partial charge in [-0.3, -0.25) is 0 Å². The maximum Gasteiger partial charge on any atom is 0.435 e. The molecule has 0 aliphatic rings. The van der Waals surface area contributed by atoms with Gasteiger partial charge in [0.25, 0.3) is 0 Å². The van der Waals surface area contributed by atoms with Crippen LogP contribution in [-0.2, 0) is 24.1 Å². The fraction of sp³-hybridized carbons (Fsp3) is 0.333. The van der Waals surface area contributed by atoms with Gasteiger partial charge in [-0.25, -0.2) is 4.79 Å². The van der Waals surface area contributed by atoms with Crippen molar-refractivity contribution in [3.63, 3.8) is 0 Å². The number of benzene rings is 2. The number of carbonyl (C=O) groups excluding carboxylic acids is 1. The standard InChI is InChI=1S/C21H22F3N3O3/c1-20(2,3)30-19(28)27-17-7-5-14(8-15(17)11-26-27)12-29-18-9-13(10-25)4-6-16(18)21(22,23)24/h4-9,11H,10,12,25H2,1-3H3. The average molecular weight is 421 g/mol. The highest BCUT2D eigenvalue weighted by molar-refractivity contribution is 5.88. The van der Waals surface area contributed by atoms with Crippen molar-refractivity contribution in [2.45, 2.75) is 45.7 Å². The summed E-state index contributed by atoms with van der Waals surface area (Å²) >= 11 is 0. The van der Waals surface area contributed by atoms with Crippen LogP contribution < -0.4 is 10.5 Å². The molecule has 1 heterocycles. The average Bonchev–Trinajstić information content (AvgIpc) is 3.07. The van der Waals surface area contributed by atoms with E-state index < -0.39 is 23.4 Å². The van der Waals surface area contributed by atoms with Gasteiger partial charge in [-0.1, -0.05) is 12.1 Å². The van der Waals surface area contributed by atoms with E-state index in [0.29, 0.717) is 22.0 Å². The second-order valence-corrected chi connectivity index (χ2v) is 7.75. The van der Waals surface area contributed by atoms with E-state index in [1.54, 1.807) is 39.0 Å². The second-order valence-electron chi connectivity index (χ2n) is 7.75. The summed E-state index contributed by atoms with van der Waals surface area (Å²) in [6.45, 7) is 5.26. The fourth-order valence-corrected chi connectivity index (χ4v) is 2.83. The van der Waals surface area contributed by atoms with Gasteiger partial charge in [0.2, 0.25) is 0 Å². The van der Waals surface area contributed by atoms with Crippen molar-refractivity contribution in [2.75, 3.05) is 0 Å². The van der Waals surface area contributed by atoms with E-state index in [2.05, 4.69) is 5.10 Å². The van der Waals surface area contributed by atoms with E-state index in [-0.39, 0.29) is 18.9 Å². The first kappa shape index (κ1) is 21.6. The number of halogens is 3. The molecule has 0 saturated heterocycles. The Hall–Kier alpha value is -3.07. The number of aromatic nitrogens is 2. The summed E-state index contributed by atoms with van der Waals surface area (Å²) in [5, 5.41) is 4.68. The number of ether oxygens (including phenoxy) is 2. The number of nitrogens with two attached hydrogens (primary N) is 1. The summed E-state index contributed by atoms with van der Waals surface area (Å²) in [6.07, 6.45) is -3.67. The van der Waals surface area contributed by atoms with Crippen molar-refractivity contribution in [2.24, 2.45) is 5.73 Å². The lowest BCUT2D eigenvalue weighted by Crippen LogP contribution is -2.27. The van der Waals surface area contributed by atoms with Crippen molar-refractivity contribution in [3.05, 3.63) is 59.3 Å². The van der Waals surface area contributed by atoms with Crippen LogP contribution in [0.2, 0.25) is 0 Å². The van der Waals surface area contributed by atoms with Gasteiger partial charge in [-0.2, -0.15) is 23.0 Å². The van der Waals surface area contributed by atoms with Crippen molar-refractivity contribution in [1.82, 2.24) is 9.78 Å². The molecule has 0 aliphatic heterocycles. The zero-order valence-electron chi connectivity index (χ0n) is 16.8. The molecule has 0 spiro atoms. The molecule has 9 heteroatoms. The van der Waals surface area contributed by atoms with Gasteiger partial charge in [0.1, 0.15) is 18.0 Å². The first-order chi connectivity index (χ1) is 14.0. The third-order valence-electron chi connectivity index (χ3n) is 4.18. The molecule has 30 heavy (non-hydrogen) atoms. The molecule has 0 unspecified atom stereocenters. The number of alkyl halides is 3. The third-order valence-corrected chi connectivity index (χ3v) is 4.18. The molecule has 160 valence electrons. The van der Waals surface area contributed by atoms with Gasteiger partial charge >= 0.3 is 12.3 Å². The van der Waals surface area contributed by atoms with Crippen molar-refractivity contribution in [3.8, 4) is 5.75 Å². The number of rotatable bonds is 4. The van der Waals surface area contributed by atoms with Crippen molar-refractivity contribution in [1.29, 1.82) is 0 Å². The first-order valence-electron chi connectivity index (χ1n) is 9.21. The van der Waals surface area contributed by atoms with E-state index >= 15 is 0 Å². The van der Waals surface area contributed by atoms with E-state index in [1.165, 1.54) is 18.3 Å². The Labute approximate surface area is 171 Å². The SMILES string of the molecule is CC(C)(C)OC(=O)n1ncc2cc(COc3cc(CN)ccc3C(F)(F)F)ccc21. The van der Waals surface area contributed by atoms with E-state index in [9.17, 15) is 18.0 Å². The molecule has 0 bridgehead atoms. The second kappa shape index (κ2) is 7.98. The van der Waals surface area contributed by atoms with Crippen LogP contribution >= 0.6 is 0 Å². The molecule has 0 fully saturated rings. The smallest absolute Gasteiger partial charge is 0.435 e. The molecular weight excluding hydrogens is 399 g/mol. The molecule has 3 aromatic rings. The van der Waals surface area contributed by atoms with Gasteiger partial charge in [0.15, 0.2) is 0 Å². The van der Waals surface area contributed by atoms with Gasteiger partial charge in [-0.05, 0) is 56.2 Å². The summed E-state index contributed by atoms with van der Waals surface area (Å²) in [7, 11) is 0. The van der Waals surface area contributed by atoms with Gasteiger partial charge in [0, 0.05) is 11.9 Å². The Kier molecular flexibility index (Phi) is 5.76. The lowest BCUT2D eigenvalue weighted by atomic mass is 10.1. The number of fused-ring (bicyclic) bond motifs is 1. The predicted octanol–water partition coefficient (Wildman–Crippen LogP) is 4.88. The van der Waals surface area contributed by atoms with Crippen LogP contribution in [0.3, 0.4) is 0 Å². The molecule has 0 atom stereocenters. The van der Waals surface area contributed by atoms with Crippen LogP contribution in [-0.4, -0.2) is 21.5 Å². The predicted molar refractivity (Wildman–Crippen MR) is 105 cm³/mol. The van der Waals surface area contributed by atoms with Crippen molar-refractivity contribution >= 4 is 17.0 Å². The molecular formula is C21H22F3N3O3. The molecule has 0 radical (unpaired) electrons. The van der Waals surface area contributed by atoms with E-state index in [0.717, 1.165) is 10.7 Å². The minimum atomic E-state index is -4.54. The van der Waals surface area contributed by atoms with Crippen LogP contribution in [0.25, 0.3) is 10.9 Å². The van der Waals surface area contributed by atoms with Crippen LogP contribution in [0.5, 0.6) is 5.75 Å². The van der Waals surface area contributed by atoms with Crippen LogP contribution in [0.15, 0.2) is 42.6 Å². The quantitative estimate of drug-likeness (QED) is 0.650. The first-order valence-corrected chi connectivity index (χ1v) is 9.21. The highest BCUT2D eigenvalue weighted by Crippen LogP contribution is 2.37. The fourth-order valence-electron chi connectivity index (χ4n) is 2.83. The van der Waals surface area contributed by atoms with Crippen molar-refractivity contribution < 1.29 is 27.4 Å². The topological polar surface area (TPSA) is 79.4 Å². The molecule has 2 N–H and O–H groups in total. The number of nitrogens with zero attached hydrogens (tertiary/aromatic N) is 2. The van der Waals surface area contributed by atoms with Gasteiger partial charge in [0.05, 0.1) is 17.3 Å². The largest absolute Gasteiger partial charge is 0.488 e. The molecule has 0 amide bonds. The van der Waals surface area contributed by atoms with Gasteiger partial charge < -0.3 is 15.2 Å². The molecule has 1 aromatic heterocycles. The van der Waals surface area contributed by atoms with Crippen LogP contribution in [0.4, 0.5) is 18.0 Å². The Balaban J connectivity index is 1.82. The Morgan fingerprint density at radius 1 is 1.10 bits per heavy atom. The summed E-state index contributed by atoms with van der Waals surface area (Å²) in [6, 6.07) is 8.58. The Morgan fingerprint density at radius 2 is 1.80 bits per heavy atom. The van der Waals surface area contributed by atoms with Crippen LogP contribution in [0, 0.1) is 0 Å². The number of carbonyl (C=O) groups is 1. The zero-order chi connectivity index (χ0) is 22.1. The minimum absolute atomic E-state index is 0.0926. The summed E-state index contributed by atoms with van der Waals surface area (Å²) in [5.41, 5.74) is 5.68. The van der Waals surface area contributed by atoms with Crippen LogP contribution in [0.1, 0.15) is 37.5 Å². The maximum atomic E-state index is 13.2. The Bertz CT molecular complexity index is 1070. The monoisotopic (exact) mass is 421 g/mol. The van der Waals surface area contributed by atoms with E-state index in [1.807, 2.05) is 0 Å². The molecule has 3 rings (SSSR count). The number of hydrogen-bond donors (Lipinski definition) is 1. The zero-order valence-corrected chi connectivity index (χ0v) is 16.8. The normalized spacial score (nSPS) is 12.2. The minimum Gasteiger partial charge on any atom is -0.488 e. The molecule has 0 saturated carbocycles. The Morgan fingerprint density at radius 3 is 2.43 bits per heavy atom. The molecule has 0 aliphatic carbocycles. The lowest BCUT2D eigenvalue weighted by molar-refractivity contribution is -0.139. The highest BCUT2D eigenvalue weighted by atomic mass is 19.4.